The Morgan fingerprint density at radius 3 is 2.75 bits per heavy atom. The Hall–Kier alpha value is -0.820. The van der Waals surface area contributed by atoms with Crippen LogP contribution in [0.4, 0.5) is 0 Å². The van der Waals surface area contributed by atoms with Crippen LogP contribution >= 0.6 is 0 Å². The molecular formula is C11H15N. The van der Waals surface area contributed by atoms with E-state index in [1.54, 1.807) is 0 Å². The minimum Gasteiger partial charge on any atom is -0.316 e. The molecule has 0 bridgehead atoms. The highest BCUT2D eigenvalue weighted by Gasteiger charge is 2.26. The molecule has 0 amide bonds. The first-order chi connectivity index (χ1) is 5.83. The monoisotopic (exact) mass is 161 g/mol. The molecule has 1 N–H and O–H groups in total. The molecule has 1 aromatic rings. The van der Waals surface area contributed by atoms with E-state index in [-0.39, 0.29) is 0 Å². The van der Waals surface area contributed by atoms with Crippen LogP contribution in [0.1, 0.15) is 24.0 Å². The zero-order chi connectivity index (χ0) is 8.55. The molecular weight excluding hydrogens is 146 g/mol. The Labute approximate surface area is 73.8 Å². The molecule has 2 rings (SSSR count). The average molecular weight is 161 g/mol. The third kappa shape index (κ3) is 1.05. The van der Waals surface area contributed by atoms with Crippen molar-refractivity contribution in [3.8, 4) is 0 Å². The molecule has 1 aliphatic rings. The van der Waals surface area contributed by atoms with Gasteiger partial charge in [-0.2, -0.15) is 0 Å². The van der Waals surface area contributed by atoms with Crippen molar-refractivity contribution >= 4 is 0 Å². The topological polar surface area (TPSA) is 12.0 Å². The van der Waals surface area contributed by atoms with Crippen molar-refractivity contribution < 1.29 is 0 Å². The van der Waals surface area contributed by atoms with Gasteiger partial charge < -0.3 is 5.32 Å². The lowest BCUT2D eigenvalue weighted by Crippen LogP contribution is -2.27. The number of rotatable bonds is 1. The van der Waals surface area contributed by atoms with Crippen LogP contribution in [0.3, 0.4) is 0 Å². The highest BCUT2D eigenvalue weighted by molar-refractivity contribution is 5.36. The molecule has 0 heterocycles. The van der Waals surface area contributed by atoms with Gasteiger partial charge in [0, 0.05) is 6.04 Å². The fraction of sp³-hybridized carbons (Fsp3) is 0.455. The van der Waals surface area contributed by atoms with Gasteiger partial charge in [0.15, 0.2) is 0 Å². The quantitative estimate of drug-likeness (QED) is 0.663. The lowest BCUT2D eigenvalue weighted by atomic mass is 10.0. The second-order valence-corrected chi connectivity index (χ2v) is 3.59. The molecule has 0 aliphatic heterocycles. The molecule has 1 nitrogen and oxygen atoms in total. The van der Waals surface area contributed by atoms with Gasteiger partial charge in [0.25, 0.3) is 0 Å². The summed E-state index contributed by atoms with van der Waals surface area (Å²) >= 11 is 0. The van der Waals surface area contributed by atoms with Crippen molar-refractivity contribution in [2.24, 2.45) is 0 Å². The van der Waals surface area contributed by atoms with E-state index in [0.717, 1.165) is 0 Å². The number of nitrogens with one attached hydrogen (secondary N) is 1. The van der Waals surface area contributed by atoms with Crippen molar-refractivity contribution in [1.82, 2.24) is 5.32 Å². The van der Waals surface area contributed by atoms with E-state index in [1.165, 1.54) is 17.5 Å². The third-order valence-electron chi connectivity index (χ3n) is 2.96. The molecule has 2 atom stereocenters. The molecule has 0 saturated heterocycles. The Kier molecular flexibility index (Phi) is 1.89. The molecule has 0 radical (unpaired) electrons. The zero-order valence-electron chi connectivity index (χ0n) is 7.67. The largest absolute Gasteiger partial charge is 0.316 e. The van der Waals surface area contributed by atoms with Gasteiger partial charge in [-0.1, -0.05) is 31.2 Å². The lowest BCUT2D eigenvalue weighted by molar-refractivity contribution is 0.521. The standard InChI is InChI=1S/C11H15N/c1-8-10-6-4-3-5-9(10)7-11(8)12-2/h3-6,8,11-12H,7H2,1-2H3/t8-,11?/m1/s1. The summed E-state index contributed by atoms with van der Waals surface area (Å²) in [5, 5.41) is 3.36. The molecule has 0 saturated carbocycles. The van der Waals surface area contributed by atoms with Crippen LogP contribution in [0.15, 0.2) is 24.3 Å². The van der Waals surface area contributed by atoms with E-state index >= 15 is 0 Å². The summed E-state index contributed by atoms with van der Waals surface area (Å²) < 4.78 is 0. The van der Waals surface area contributed by atoms with E-state index in [9.17, 15) is 0 Å². The van der Waals surface area contributed by atoms with Crippen molar-refractivity contribution in [2.45, 2.75) is 25.3 Å². The minimum atomic E-state index is 0.641. The van der Waals surface area contributed by atoms with Crippen LogP contribution in [0.2, 0.25) is 0 Å². The van der Waals surface area contributed by atoms with Crippen molar-refractivity contribution in [3.63, 3.8) is 0 Å². The molecule has 64 valence electrons. The number of likely N-dealkylation sites (N-methyl/N-ethyl adjacent to an activating group) is 1. The first kappa shape index (κ1) is 7.81. The van der Waals surface area contributed by atoms with E-state index < -0.39 is 0 Å². The molecule has 12 heavy (non-hydrogen) atoms. The third-order valence-corrected chi connectivity index (χ3v) is 2.96. The van der Waals surface area contributed by atoms with Gasteiger partial charge >= 0.3 is 0 Å². The van der Waals surface area contributed by atoms with Crippen LogP contribution in [0.25, 0.3) is 0 Å². The van der Waals surface area contributed by atoms with Crippen molar-refractivity contribution in [3.05, 3.63) is 35.4 Å². The Morgan fingerprint density at radius 2 is 2.08 bits per heavy atom. The summed E-state index contributed by atoms with van der Waals surface area (Å²) in [6.07, 6.45) is 1.19. The molecule has 1 aromatic carbocycles. The van der Waals surface area contributed by atoms with E-state index in [0.29, 0.717) is 12.0 Å². The fourth-order valence-corrected chi connectivity index (χ4v) is 2.15. The summed E-state index contributed by atoms with van der Waals surface area (Å²) in [4.78, 5) is 0. The highest BCUT2D eigenvalue weighted by atomic mass is 14.9. The number of hydrogen-bond donors (Lipinski definition) is 1. The maximum absolute atomic E-state index is 3.36. The maximum Gasteiger partial charge on any atom is 0.0171 e. The van der Waals surface area contributed by atoms with Gasteiger partial charge in [-0.15, -0.1) is 0 Å². The summed E-state index contributed by atoms with van der Waals surface area (Å²) in [7, 11) is 2.05. The number of hydrogen-bond acceptors (Lipinski definition) is 1. The summed E-state index contributed by atoms with van der Waals surface area (Å²) in [5.41, 5.74) is 3.04. The Balaban J connectivity index is 2.35. The van der Waals surface area contributed by atoms with Gasteiger partial charge in [-0.05, 0) is 30.5 Å². The van der Waals surface area contributed by atoms with E-state index in [1.807, 2.05) is 7.05 Å². The predicted molar refractivity (Wildman–Crippen MR) is 51.4 cm³/mol. The average Bonchev–Trinajstić information content (AvgIpc) is 2.44. The van der Waals surface area contributed by atoms with Crippen LogP contribution in [0, 0.1) is 0 Å². The summed E-state index contributed by atoms with van der Waals surface area (Å²) in [6.45, 7) is 2.30. The molecule has 0 spiro atoms. The van der Waals surface area contributed by atoms with Gasteiger partial charge in [-0.25, -0.2) is 0 Å². The summed E-state index contributed by atoms with van der Waals surface area (Å²) in [6, 6.07) is 9.39. The Bertz CT molecular complexity index is 280. The molecule has 1 heteroatoms. The molecule has 0 aromatic heterocycles. The Morgan fingerprint density at radius 1 is 1.33 bits per heavy atom. The second-order valence-electron chi connectivity index (χ2n) is 3.59. The van der Waals surface area contributed by atoms with Gasteiger partial charge in [0.2, 0.25) is 0 Å². The maximum atomic E-state index is 3.36. The first-order valence-corrected chi connectivity index (χ1v) is 4.58. The fourth-order valence-electron chi connectivity index (χ4n) is 2.15. The smallest absolute Gasteiger partial charge is 0.0171 e. The molecule has 1 aliphatic carbocycles. The van der Waals surface area contributed by atoms with Crippen LogP contribution in [0.5, 0.6) is 0 Å². The predicted octanol–water partition coefficient (Wildman–Crippen LogP) is 1.93. The SMILES string of the molecule is CNC1Cc2ccccc2[C@H]1C. The number of fused-ring (bicyclic) bond motifs is 1. The molecule has 1 unspecified atom stereocenters. The second kappa shape index (κ2) is 2.91. The molecule has 0 fully saturated rings. The van der Waals surface area contributed by atoms with Crippen LogP contribution in [-0.2, 0) is 6.42 Å². The normalized spacial score (nSPS) is 27.2. The van der Waals surface area contributed by atoms with Gasteiger partial charge in [-0.3, -0.25) is 0 Å². The summed E-state index contributed by atoms with van der Waals surface area (Å²) in [5.74, 6) is 0.672. The van der Waals surface area contributed by atoms with Gasteiger partial charge in [0.1, 0.15) is 0 Å². The lowest BCUT2D eigenvalue weighted by Gasteiger charge is -2.13. The zero-order valence-corrected chi connectivity index (χ0v) is 7.67. The highest BCUT2D eigenvalue weighted by Crippen LogP contribution is 2.32. The van der Waals surface area contributed by atoms with E-state index in [4.69, 9.17) is 0 Å². The van der Waals surface area contributed by atoms with E-state index in [2.05, 4.69) is 36.5 Å². The number of benzene rings is 1. The van der Waals surface area contributed by atoms with Crippen LogP contribution in [-0.4, -0.2) is 13.1 Å². The van der Waals surface area contributed by atoms with Gasteiger partial charge in [0.05, 0.1) is 0 Å². The minimum absolute atomic E-state index is 0.641. The van der Waals surface area contributed by atoms with Crippen molar-refractivity contribution in [2.75, 3.05) is 7.05 Å². The van der Waals surface area contributed by atoms with Crippen molar-refractivity contribution in [1.29, 1.82) is 0 Å². The first-order valence-electron chi connectivity index (χ1n) is 4.58. The van der Waals surface area contributed by atoms with Crippen LogP contribution < -0.4 is 5.32 Å².